The van der Waals surface area contributed by atoms with E-state index in [-0.39, 0.29) is 11.4 Å². The van der Waals surface area contributed by atoms with Gasteiger partial charge in [-0.3, -0.25) is 0 Å². The van der Waals surface area contributed by atoms with Gasteiger partial charge >= 0.3 is 6.03 Å². The molecule has 1 aromatic heterocycles. The lowest BCUT2D eigenvalue weighted by molar-refractivity contribution is -0.689. The van der Waals surface area contributed by atoms with Gasteiger partial charge in [-0.15, -0.1) is 0 Å². The summed E-state index contributed by atoms with van der Waals surface area (Å²) in [7, 11) is 0. The van der Waals surface area contributed by atoms with Crippen molar-refractivity contribution in [1.82, 2.24) is 0 Å². The van der Waals surface area contributed by atoms with Gasteiger partial charge in [0.1, 0.15) is 5.75 Å². The summed E-state index contributed by atoms with van der Waals surface area (Å²) in [5.74, 6) is 0.907. The Morgan fingerprint density at radius 1 is 0.857 bits per heavy atom. The van der Waals surface area contributed by atoms with Crippen molar-refractivity contribution in [3.8, 4) is 5.75 Å². The average Bonchev–Trinajstić information content (AvgIpc) is 3.36. The van der Waals surface area contributed by atoms with Crippen LogP contribution in [0.15, 0.2) is 53.4 Å². The fraction of sp³-hybridized carbons (Fsp3) is 0.556. The highest BCUT2D eigenvalue weighted by atomic mass is 32.1. The molecule has 1 heterocycles. The molecule has 0 atom stereocenters. The lowest BCUT2D eigenvalue weighted by Gasteiger charge is -2.24. The fourth-order valence-electron chi connectivity index (χ4n) is 5.21. The highest BCUT2D eigenvalue weighted by Crippen LogP contribution is 2.34. The molecule has 2 N–H and O–H groups in total. The number of benzene rings is 2. The number of rotatable bonds is 18. The predicted octanol–water partition coefficient (Wildman–Crippen LogP) is 10.4. The molecule has 5 nitrogen and oxygen atoms in total. The first-order valence-electron chi connectivity index (χ1n) is 16.1. The van der Waals surface area contributed by atoms with Gasteiger partial charge in [0.05, 0.1) is 17.7 Å². The van der Waals surface area contributed by atoms with Crippen molar-refractivity contribution in [2.45, 2.75) is 124 Å². The maximum atomic E-state index is 13.0. The van der Waals surface area contributed by atoms with Crippen LogP contribution in [0.5, 0.6) is 5.75 Å². The Labute approximate surface area is 259 Å². The molecule has 0 aliphatic heterocycles. The maximum absolute atomic E-state index is 13.0. The number of hydrogen-bond donors (Lipinski definition) is 2. The summed E-state index contributed by atoms with van der Waals surface area (Å²) in [6.45, 7) is 12.4. The summed E-state index contributed by atoms with van der Waals surface area (Å²) in [5.41, 5.74) is 6.93. The highest BCUT2D eigenvalue weighted by Gasteiger charge is 2.20. The van der Waals surface area contributed by atoms with Crippen LogP contribution in [0.2, 0.25) is 0 Å². The largest absolute Gasteiger partial charge is 0.493 e. The van der Waals surface area contributed by atoms with E-state index in [0.29, 0.717) is 6.54 Å². The number of ether oxygens (including phenoxy) is 1. The van der Waals surface area contributed by atoms with Gasteiger partial charge in [-0.05, 0) is 36.1 Å². The first-order chi connectivity index (χ1) is 20.3. The van der Waals surface area contributed by atoms with Gasteiger partial charge in [0.25, 0.3) is 0 Å². The van der Waals surface area contributed by atoms with E-state index in [9.17, 15) is 4.79 Å². The average molecular weight is 593 g/mol. The van der Waals surface area contributed by atoms with Crippen molar-refractivity contribution in [3.63, 3.8) is 0 Å². The zero-order chi connectivity index (χ0) is 30.2. The smallest absolute Gasteiger partial charge is 0.323 e. The van der Waals surface area contributed by atoms with Crippen LogP contribution >= 0.6 is 11.3 Å². The Bertz CT molecular complexity index is 1210. The molecule has 0 unspecified atom stereocenters. The third-order valence-electron chi connectivity index (χ3n) is 7.79. The summed E-state index contributed by atoms with van der Waals surface area (Å²) in [6.07, 6.45) is 16.0. The van der Waals surface area contributed by atoms with E-state index >= 15 is 0 Å². The Morgan fingerprint density at radius 3 is 2.12 bits per heavy atom. The van der Waals surface area contributed by atoms with Crippen molar-refractivity contribution in [3.05, 3.63) is 70.2 Å². The fourth-order valence-corrected chi connectivity index (χ4v) is 5.99. The van der Waals surface area contributed by atoms with E-state index in [1.165, 1.54) is 76.3 Å². The SMILES string of the molecule is CCCCCCCCCCCCCCOc1ccc(NC(=O)Nc2ccccc2C[n+]2cscc2C)cc1C(C)(C)C. The van der Waals surface area contributed by atoms with Crippen molar-refractivity contribution < 1.29 is 14.1 Å². The van der Waals surface area contributed by atoms with Gasteiger partial charge in [0.15, 0.2) is 12.2 Å². The molecule has 3 rings (SSSR count). The van der Waals surface area contributed by atoms with E-state index in [1.807, 2.05) is 36.4 Å². The molecule has 0 saturated carbocycles. The van der Waals surface area contributed by atoms with E-state index in [4.69, 9.17) is 4.74 Å². The third kappa shape index (κ3) is 11.8. The molecule has 3 aromatic rings. The molecule has 230 valence electrons. The van der Waals surface area contributed by atoms with Gasteiger partial charge in [-0.25, -0.2) is 4.79 Å². The number of urea groups is 1. The van der Waals surface area contributed by atoms with Gasteiger partial charge in [-0.1, -0.05) is 128 Å². The van der Waals surface area contributed by atoms with Crippen molar-refractivity contribution in [2.24, 2.45) is 0 Å². The summed E-state index contributed by atoms with van der Waals surface area (Å²) < 4.78 is 8.45. The predicted molar refractivity (Wildman–Crippen MR) is 179 cm³/mol. The molecule has 2 amide bonds. The Morgan fingerprint density at radius 2 is 1.50 bits per heavy atom. The maximum Gasteiger partial charge on any atom is 0.323 e. The molecule has 0 fully saturated rings. The Hall–Kier alpha value is -2.86. The molecule has 6 heteroatoms. The van der Waals surface area contributed by atoms with Gasteiger partial charge in [0.2, 0.25) is 5.51 Å². The second-order valence-corrected chi connectivity index (χ2v) is 13.3. The third-order valence-corrected chi connectivity index (χ3v) is 8.64. The number of unbranched alkanes of at least 4 members (excludes halogenated alkanes) is 11. The van der Waals surface area contributed by atoms with Crippen LogP contribution in [-0.4, -0.2) is 12.6 Å². The number of carbonyl (C=O) groups excluding carboxylic acids is 1. The van der Waals surface area contributed by atoms with Gasteiger partial charge < -0.3 is 15.4 Å². The lowest BCUT2D eigenvalue weighted by atomic mass is 9.86. The number of nitrogens with zero attached hydrogens (tertiary/aromatic N) is 1. The van der Waals surface area contributed by atoms with Crippen LogP contribution in [0.3, 0.4) is 0 Å². The van der Waals surface area contributed by atoms with Gasteiger partial charge in [0, 0.05) is 23.7 Å². The molecule has 0 saturated heterocycles. The van der Waals surface area contributed by atoms with Crippen LogP contribution in [-0.2, 0) is 12.0 Å². The minimum Gasteiger partial charge on any atom is -0.493 e. The summed E-state index contributed by atoms with van der Waals surface area (Å²) >= 11 is 1.68. The number of amides is 2. The highest BCUT2D eigenvalue weighted by molar-refractivity contribution is 7.07. The zero-order valence-electron chi connectivity index (χ0n) is 26.8. The van der Waals surface area contributed by atoms with Crippen LogP contribution in [0, 0.1) is 6.92 Å². The van der Waals surface area contributed by atoms with Crippen molar-refractivity contribution >= 4 is 28.7 Å². The summed E-state index contributed by atoms with van der Waals surface area (Å²) in [5, 5.41) is 8.21. The van der Waals surface area contributed by atoms with Crippen LogP contribution in [0.4, 0.5) is 16.2 Å². The summed E-state index contributed by atoms with van der Waals surface area (Å²) in [6, 6.07) is 13.7. The van der Waals surface area contributed by atoms with Crippen LogP contribution in [0.1, 0.15) is 122 Å². The number of nitrogens with one attached hydrogen (secondary N) is 2. The van der Waals surface area contributed by atoms with E-state index in [1.54, 1.807) is 11.3 Å². The number of aryl methyl sites for hydroxylation is 1. The first kappa shape index (κ1) is 33.6. The number of thiazole rings is 1. The zero-order valence-corrected chi connectivity index (χ0v) is 27.6. The topological polar surface area (TPSA) is 54.2 Å². The molecule has 0 bridgehead atoms. The van der Waals surface area contributed by atoms with E-state index < -0.39 is 0 Å². The quantitative estimate of drug-likeness (QED) is 0.114. The molecule has 2 aromatic carbocycles. The number of para-hydroxylation sites is 1. The Kier molecular flexibility index (Phi) is 14.4. The monoisotopic (exact) mass is 592 g/mol. The minimum atomic E-state index is -0.250. The summed E-state index contributed by atoms with van der Waals surface area (Å²) in [4.78, 5) is 13.0. The minimum absolute atomic E-state index is 0.109. The normalized spacial score (nSPS) is 11.5. The lowest BCUT2D eigenvalue weighted by Crippen LogP contribution is -2.35. The van der Waals surface area contributed by atoms with E-state index in [0.717, 1.165) is 41.3 Å². The molecule has 0 aliphatic rings. The standard InChI is InChI=1S/C36H53N3O2S/c1-6-7-8-9-10-11-12-13-14-15-16-19-24-41-34-23-22-31(25-32(34)36(3,4)5)37-35(40)38-33-21-18-17-20-30(33)26-39-28-42-27-29(39)2/h17-18,20-23,25,27-28H,6-16,19,24,26H2,1-5H3,(H-,37,38,40)/p+1. The first-order valence-corrected chi connectivity index (χ1v) is 17.1. The number of hydrogen-bond acceptors (Lipinski definition) is 3. The Balaban J connectivity index is 1.45. The van der Waals surface area contributed by atoms with Gasteiger partial charge in [-0.2, -0.15) is 4.57 Å². The molecular formula is C36H54N3O2S+. The van der Waals surface area contributed by atoms with Crippen LogP contribution < -0.4 is 19.9 Å². The molecule has 0 radical (unpaired) electrons. The molecule has 0 aliphatic carbocycles. The molecule has 42 heavy (non-hydrogen) atoms. The van der Waals surface area contributed by atoms with Crippen molar-refractivity contribution in [2.75, 3.05) is 17.2 Å². The van der Waals surface area contributed by atoms with E-state index in [2.05, 4.69) is 66.8 Å². The van der Waals surface area contributed by atoms with Crippen LogP contribution in [0.25, 0.3) is 0 Å². The number of aromatic nitrogens is 1. The number of carbonyl (C=O) groups is 1. The van der Waals surface area contributed by atoms with Crippen molar-refractivity contribution in [1.29, 1.82) is 0 Å². The molecular weight excluding hydrogens is 538 g/mol. The molecule has 0 spiro atoms. The number of anilines is 2. The second kappa shape index (κ2) is 17.9. The second-order valence-electron chi connectivity index (χ2n) is 12.6.